The first kappa shape index (κ1) is 20.9. The monoisotopic (exact) mass is 396 g/mol. The molecule has 29 heavy (non-hydrogen) atoms. The second-order valence-electron chi connectivity index (χ2n) is 7.09. The van der Waals surface area contributed by atoms with Crippen LogP contribution in [0.2, 0.25) is 0 Å². The van der Waals surface area contributed by atoms with Crippen LogP contribution in [0.4, 0.5) is 0 Å². The Labute approximate surface area is 172 Å². The molecule has 1 aliphatic heterocycles. The molecular formula is C23H28N2O4. The van der Waals surface area contributed by atoms with Crippen LogP contribution in [0.25, 0.3) is 11.1 Å². The summed E-state index contributed by atoms with van der Waals surface area (Å²) in [5.41, 5.74) is 3.16. The Morgan fingerprint density at radius 3 is 2.48 bits per heavy atom. The lowest BCUT2D eigenvalue weighted by Crippen LogP contribution is -2.60. The number of rotatable bonds is 7. The van der Waals surface area contributed by atoms with Crippen molar-refractivity contribution >= 4 is 11.8 Å². The molecule has 0 N–H and O–H groups in total. The number of benzene rings is 2. The van der Waals surface area contributed by atoms with Gasteiger partial charge in [0, 0.05) is 33.2 Å². The molecule has 2 aromatic rings. The van der Waals surface area contributed by atoms with E-state index in [1.54, 1.807) is 12.0 Å². The van der Waals surface area contributed by atoms with Crippen LogP contribution in [0.5, 0.6) is 5.75 Å². The second kappa shape index (κ2) is 9.56. The van der Waals surface area contributed by atoms with Gasteiger partial charge >= 0.3 is 0 Å². The summed E-state index contributed by atoms with van der Waals surface area (Å²) in [5.74, 6) is 0.663. The Kier molecular flexibility index (Phi) is 6.88. The summed E-state index contributed by atoms with van der Waals surface area (Å²) in [7, 11) is 3.14. The summed E-state index contributed by atoms with van der Waals surface area (Å²) in [6, 6.07) is 15.5. The third-order valence-electron chi connectivity index (χ3n) is 5.33. The predicted octanol–water partition coefficient (Wildman–Crippen LogP) is 2.61. The quantitative estimate of drug-likeness (QED) is 0.722. The number of likely N-dealkylation sites (N-methyl/N-ethyl adjacent to an activating group) is 1. The van der Waals surface area contributed by atoms with Crippen molar-refractivity contribution in [2.75, 3.05) is 40.5 Å². The maximum Gasteiger partial charge on any atom is 0.249 e. The van der Waals surface area contributed by atoms with E-state index in [-0.39, 0.29) is 18.4 Å². The molecule has 0 saturated carbocycles. The van der Waals surface area contributed by atoms with Crippen LogP contribution >= 0.6 is 0 Å². The minimum absolute atomic E-state index is 0.00180. The number of carbonyl (C=O) groups is 2. The van der Waals surface area contributed by atoms with Gasteiger partial charge in [0.1, 0.15) is 18.4 Å². The molecule has 2 amide bonds. The maximum absolute atomic E-state index is 13.0. The fourth-order valence-corrected chi connectivity index (χ4v) is 3.74. The first-order valence-corrected chi connectivity index (χ1v) is 9.88. The predicted molar refractivity (Wildman–Crippen MR) is 112 cm³/mol. The van der Waals surface area contributed by atoms with Gasteiger partial charge in [-0.05, 0) is 35.7 Å². The van der Waals surface area contributed by atoms with Crippen LogP contribution in [0.3, 0.4) is 0 Å². The Bertz CT molecular complexity index is 850. The number of nitrogens with zero attached hydrogens (tertiary/aromatic N) is 2. The standard InChI is InChI=1S/C23H28N2O4/c1-4-24-12-13-25(22(26)16-28-2)21(23(24)27)15-17-6-5-7-19(14-17)18-8-10-20(29-3)11-9-18/h5-11,14,21H,4,12-13,15-16H2,1-3H3/t21-/m0/s1. The first-order chi connectivity index (χ1) is 14.1. The van der Waals surface area contributed by atoms with Gasteiger partial charge in [-0.1, -0.05) is 36.4 Å². The van der Waals surface area contributed by atoms with Crippen LogP contribution in [-0.2, 0) is 20.7 Å². The zero-order chi connectivity index (χ0) is 20.8. The third kappa shape index (κ3) is 4.77. The lowest BCUT2D eigenvalue weighted by molar-refractivity contribution is -0.153. The number of piperazine rings is 1. The van der Waals surface area contributed by atoms with E-state index in [1.807, 2.05) is 54.3 Å². The fraction of sp³-hybridized carbons (Fsp3) is 0.391. The van der Waals surface area contributed by atoms with E-state index in [0.29, 0.717) is 26.1 Å². The summed E-state index contributed by atoms with van der Waals surface area (Å²) in [5, 5.41) is 0. The van der Waals surface area contributed by atoms with Gasteiger partial charge in [-0.15, -0.1) is 0 Å². The lowest BCUT2D eigenvalue weighted by Gasteiger charge is -2.40. The van der Waals surface area contributed by atoms with Crippen LogP contribution in [0.1, 0.15) is 12.5 Å². The highest BCUT2D eigenvalue weighted by Gasteiger charge is 2.36. The first-order valence-electron chi connectivity index (χ1n) is 9.88. The number of amides is 2. The zero-order valence-electron chi connectivity index (χ0n) is 17.3. The summed E-state index contributed by atoms with van der Waals surface area (Å²) in [6.45, 7) is 3.69. The number of carbonyl (C=O) groups excluding carboxylic acids is 2. The second-order valence-corrected chi connectivity index (χ2v) is 7.09. The van der Waals surface area contributed by atoms with Gasteiger partial charge in [0.2, 0.25) is 11.8 Å². The molecule has 0 radical (unpaired) electrons. The number of methoxy groups -OCH3 is 2. The summed E-state index contributed by atoms with van der Waals surface area (Å²) >= 11 is 0. The van der Waals surface area contributed by atoms with E-state index in [0.717, 1.165) is 22.4 Å². The SMILES string of the molecule is CCN1CCN(C(=O)COC)[C@@H](Cc2cccc(-c3ccc(OC)cc3)c2)C1=O. The largest absolute Gasteiger partial charge is 0.497 e. The number of ether oxygens (including phenoxy) is 2. The van der Waals surface area contributed by atoms with E-state index >= 15 is 0 Å². The molecule has 1 aliphatic rings. The molecule has 154 valence electrons. The summed E-state index contributed by atoms with van der Waals surface area (Å²) < 4.78 is 10.2. The van der Waals surface area contributed by atoms with E-state index < -0.39 is 6.04 Å². The Morgan fingerprint density at radius 2 is 1.83 bits per heavy atom. The Balaban J connectivity index is 1.84. The Hall–Kier alpha value is -2.86. The van der Waals surface area contributed by atoms with Crippen molar-refractivity contribution in [3.63, 3.8) is 0 Å². The minimum atomic E-state index is -0.502. The molecule has 1 heterocycles. The van der Waals surface area contributed by atoms with Crippen molar-refractivity contribution in [1.29, 1.82) is 0 Å². The van der Waals surface area contributed by atoms with Crippen LogP contribution in [0.15, 0.2) is 48.5 Å². The highest BCUT2D eigenvalue weighted by atomic mass is 16.5. The zero-order valence-corrected chi connectivity index (χ0v) is 17.3. The third-order valence-corrected chi connectivity index (χ3v) is 5.33. The maximum atomic E-state index is 13.0. The van der Waals surface area contributed by atoms with Gasteiger partial charge in [-0.3, -0.25) is 9.59 Å². The summed E-state index contributed by atoms with van der Waals surface area (Å²) in [6.07, 6.45) is 0.481. The van der Waals surface area contributed by atoms with Gasteiger partial charge in [0.05, 0.1) is 7.11 Å². The van der Waals surface area contributed by atoms with E-state index in [2.05, 4.69) is 6.07 Å². The van der Waals surface area contributed by atoms with Gasteiger partial charge in [-0.2, -0.15) is 0 Å². The molecule has 0 aromatic heterocycles. The molecule has 0 spiro atoms. The average molecular weight is 396 g/mol. The van der Waals surface area contributed by atoms with Crippen LogP contribution in [-0.4, -0.2) is 68.1 Å². The van der Waals surface area contributed by atoms with Crippen molar-refractivity contribution < 1.29 is 19.1 Å². The highest BCUT2D eigenvalue weighted by Crippen LogP contribution is 2.25. The molecular weight excluding hydrogens is 368 g/mol. The van der Waals surface area contributed by atoms with Crippen LogP contribution in [0, 0.1) is 0 Å². The molecule has 1 fully saturated rings. The molecule has 6 nitrogen and oxygen atoms in total. The van der Waals surface area contributed by atoms with Gasteiger partial charge < -0.3 is 19.3 Å². The Morgan fingerprint density at radius 1 is 1.07 bits per heavy atom. The van der Waals surface area contributed by atoms with E-state index in [1.165, 1.54) is 7.11 Å². The summed E-state index contributed by atoms with van der Waals surface area (Å²) in [4.78, 5) is 29.0. The van der Waals surface area contributed by atoms with Crippen molar-refractivity contribution in [3.05, 3.63) is 54.1 Å². The van der Waals surface area contributed by atoms with E-state index in [9.17, 15) is 9.59 Å². The number of hydrogen-bond acceptors (Lipinski definition) is 4. The highest BCUT2D eigenvalue weighted by molar-refractivity contribution is 5.89. The molecule has 6 heteroatoms. The van der Waals surface area contributed by atoms with Crippen molar-refractivity contribution in [2.45, 2.75) is 19.4 Å². The minimum Gasteiger partial charge on any atom is -0.497 e. The van der Waals surface area contributed by atoms with Gasteiger partial charge in [0.15, 0.2) is 0 Å². The molecule has 1 saturated heterocycles. The van der Waals surface area contributed by atoms with Crippen molar-refractivity contribution in [1.82, 2.24) is 9.80 Å². The fourth-order valence-electron chi connectivity index (χ4n) is 3.74. The number of hydrogen-bond donors (Lipinski definition) is 0. The normalized spacial score (nSPS) is 16.8. The smallest absolute Gasteiger partial charge is 0.249 e. The molecule has 0 unspecified atom stereocenters. The van der Waals surface area contributed by atoms with Crippen molar-refractivity contribution in [3.8, 4) is 16.9 Å². The molecule has 3 rings (SSSR count). The molecule has 0 aliphatic carbocycles. The molecule has 2 aromatic carbocycles. The van der Waals surface area contributed by atoms with E-state index in [4.69, 9.17) is 9.47 Å². The van der Waals surface area contributed by atoms with Gasteiger partial charge in [-0.25, -0.2) is 0 Å². The van der Waals surface area contributed by atoms with Crippen molar-refractivity contribution in [2.24, 2.45) is 0 Å². The van der Waals surface area contributed by atoms with Crippen LogP contribution < -0.4 is 4.74 Å². The average Bonchev–Trinajstić information content (AvgIpc) is 2.75. The molecule has 1 atom stereocenters. The molecule has 0 bridgehead atoms. The lowest BCUT2D eigenvalue weighted by atomic mass is 9.97. The topological polar surface area (TPSA) is 59.1 Å². The van der Waals surface area contributed by atoms with Gasteiger partial charge in [0.25, 0.3) is 0 Å².